The molecule has 3 rings (SSSR count). The van der Waals surface area contributed by atoms with E-state index in [0.29, 0.717) is 0 Å². The van der Waals surface area contributed by atoms with E-state index in [-0.39, 0.29) is 11.7 Å². The minimum Gasteiger partial charge on any atom is -0.351 e. The van der Waals surface area contributed by atoms with E-state index in [0.717, 1.165) is 25.2 Å². The van der Waals surface area contributed by atoms with Gasteiger partial charge in [0.1, 0.15) is 0 Å². The fraction of sp³-hybridized carbons (Fsp3) is 0.231. The summed E-state index contributed by atoms with van der Waals surface area (Å²) in [6.45, 7) is 1.78. The van der Waals surface area contributed by atoms with Crippen LogP contribution in [0.1, 0.15) is 21.7 Å². The maximum absolute atomic E-state index is 11.9. The van der Waals surface area contributed by atoms with Crippen molar-refractivity contribution < 1.29 is 9.32 Å². The number of nitrogens with one attached hydrogen (secondary N) is 2. The highest BCUT2D eigenvalue weighted by Gasteiger charge is 2.16. The van der Waals surface area contributed by atoms with Gasteiger partial charge in [-0.3, -0.25) is 4.79 Å². The summed E-state index contributed by atoms with van der Waals surface area (Å²) in [5.41, 5.74) is 3.29. The number of benzene rings is 1. The van der Waals surface area contributed by atoms with Gasteiger partial charge in [-0.15, -0.1) is 0 Å². The van der Waals surface area contributed by atoms with Crippen LogP contribution in [0.4, 0.5) is 5.69 Å². The summed E-state index contributed by atoms with van der Waals surface area (Å²) in [6, 6.07) is 7.48. The zero-order chi connectivity index (χ0) is 12.4. The van der Waals surface area contributed by atoms with Crippen LogP contribution >= 0.6 is 0 Å². The molecule has 1 amide bonds. The number of hydrogen-bond donors (Lipinski definition) is 2. The van der Waals surface area contributed by atoms with E-state index in [1.165, 1.54) is 17.3 Å². The van der Waals surface area contributed by atoms with Crippen molar-refractivity contribution >= 4 is 11.6 Å². The van der Waals surface area contributed by atoms with E-state index in [1.807, 2.05) is 12.1 Å². The molecule has 0 radical (unpaired) electrons. The Kier molecular flexibility index (Phi) is 2.82. The summed E-state index contributed by atoms with van der Waals surface area (Å²) in [6.07, 6.45) is 2.38. The Hall–Kier alpha value is -2.14. The van der Waals surface area contributed by atoms with Crippen LogP contribution in [0.15, 0.2) is 35.0 Å². The van der Waals surface area contributed by atoms with Crippen LogP contribution < -0.4 is 10.6 Å². The van der Waals surface area contributed by atoms with Gasteiger partial charge >= 0.3 is 0 Å². The molecule has 0 spiro atoms. The van der Waals surface area contributed by atoms with Crippen molar-refractivity contribution in [2.24, 2.45) is 0 Å². The normalized spacial score (nSPS) is 14.0. The summed E-state index contributed by atoms with van der Waals surface area (Å²) >= 11 is 0. The molecule has 0 fully saturated rings. The van der Waals surface area contributed by atoms with Crippen LogP contribution in [0.3, 0.4) is 0 Å². The smallest absolute Gasteiger partial charge is 0.294 e. The standard InChI is InChI=1S/C13H13N3O2/c17-13(12-5-7-15-18-12)16-11-3-1-2-9-8-14-6-4-10(9)11/h1-3,5,7,14H,4,6,8H2,(H,16,17). The molecule has 2 heterocycles. The third-order valence-corrected chi connectivity index (χ3v) is 3.05. The minimum atomic E-state index is -0.264. The Balaban J connectivity index is 1.87. The molecule has 1 aliphatic heterocycles. The highest BCUT2D eigenvalue weighted by Crippen LogP contribution is 2.23. The summed E-state index contributed by atoms with van der Waals surface area (Å²) in [5, 5.41) is 9.71. The summed E-state index contributed by atoms with van der Waals surface area (Å²) in [4.78, 5) is 11.9. The van der Waals surface area contributed by atoms with Crippen LogP contribution in [0.2, 0.25) is 0 Å². The van der Waals surface area contributed by atoms with E-state index in [2.05, 4.69) is 21.9 Å². The summed E-state index contributed by atoms with van der Waals surface area (Å²) in [7, 11) is 0. The molecule has 0 saturated carbocycles. The van der Waals surface area contributed by atoms with Crippen LogP contribution in [0.25, 0.3) is 0 Å². The Morgan fingerprint density at radius 1 is 1.39 bits per heavy atom. The van der Waals surface area contributed by atoms with E-state index in [9.17, 15) is 4.79 Å². The Bertz CT molecular complexity index is 564. The first-order chi connectivity index (χ1) is 8.84. The highest BCUT2D eigenvalue weighted by atomic mass is 16.5. The SMILES string of the molecule is O=C(Nc1cccc2c1CCNC2)c1ccno1. The summed E-state index contributed by atoms with van der Waals surface area (Å²) < 4.78 is 4.84. The average Bonchev–Trinajstić information content (AvgIpc) is 2.93. The molecule has 1 aliphatic rings. The number of carbonyl (C=O) groups excluding carboxylic acids is 1. The van der Waals surface area contributed by atoms with Crippen LogP contribution in [0.5, 0.6) is 0 Å². The monoisotopic (exact) mass is 243 g/mol. The first-order valence-electron chi connectivity index (χ1n) is 5.88. The number of rotatable bonds is 2. The fourth-order valence-electron chi connectivity index (χ4n) is 2.17. The van der Waals surface area contributed by atoms with Gasteiger partial charge in [-0.25, -0.2) is 0 Å². The molecule has 0 aliphatic carbocycles. The average molecular weight is 243 g/mol. The van der Waals surface area contributed by atoms with E-state index < -0.39 is 0 Å². The van der Waals surface area contributed by atoms with Crippen molar-refractivity contribution in [2.75, 3.05) is 11.9 Å². The molecule has 2 N–H and O–H groups in total. The second-order valence-corrected chi connectivity index (χ2v) is 4.20. The molecule has 5 heteroatoms. The molecule has 1 aromatic heterocycles. The largest absolute Gasteiger partial charge is 0.351 e. The van der Waals surface area contributed by atoms with Gasteiger partial charge in [0.05, 0.1) is 6.20 Å². The third-order valence-electron chi connectivity index (χ3n) is 3.05. The Morgan fingerprint density at radius 2 is 2.33 bits per heavy atom. The van der Waals surface area contributed by atoms with Gasteiger partial charge in [-0.05, 0) is 30.2 Å². The highest BCUT2D eigenvalue weighted by molar-refractivity contribution is 6.02. The predicted octanol–water partition coefficient (Wildman–Crippen LogP) is 1.57. The predicted molar refractivity (Wildman–Crippen MR) is 66.3 cm³/mol. The molecule has 18 heavy (non-hydrogen) atoms. The summed E-state index contributed by atoms with van der Waals surface area (Å²) in [5.74, 6) is -0.0408. The van der Waals surface area contributed by atoms with Gasteiger partial charge in [0.15, 0.2) is 0 Å². The van der Waals surface area contributed by atoms with E-state index in [4.69, 9.17) is 4.52 Å². The maximum atomic E-state index is 11.9. The molecule has 2 aromatic rings. The zero-order valence-electron chi connectivity index (χ0n) is 9.77. The van der Waals surface area contributed by atoms with Gasteiger partial charge in [0.25, 0.3) is 5.91 Å². The molecule has 1 aromatic carbocycles. The fourth-order valence-corrected chi connectivity index (χ4v) is 2.17. The first-order valence-corrected chi connectivity index (χ1v) is 5.88. The molecular formula is C13H13N3O2. The van der Waals surface area contributed by atoms with E-state index in [1.54, 1.807) is 6.07 Å². The number of anilines is 1. The Labute approximate surface area is 104 Å². The quantitative estimate of drug-likeness (QED) is 0.840. The van der Waals surface area contributed by atoms with Crippen LogP contribution in [-0.2, 0) is 13.0 Å². The lowest BCUT2D eigenvalue weighted by Gasteiger charge is -2.20. The van der Waals surface area contributed by atoms with Crippen molar-refractivity contribution in [2.45, 2.75) is 13.0 Å². The van der Waals surface area contributed by atoms with Crippen molar-refractivity contribution in [1.29, 1.82) is 0 Å². The molecule has 0 saturated heterocycles. The topological polar surface area (TPSA) is 67.2 Å². The van der Waals surface area contributed by atoms with Gasteiger partial charge in [-0.2, -0.15) is 0 Å². The number of hydrogen-bond acceptors (Lipinski definition) is 4. The van der Waals surface area contributed by atoms with Crippen molar-refractivity contribution in [1.82, 2.24) is 10.5 Å². The van der Waals surface area contributed by atoms with Crippen LogP contribution in [0, 0.1) is 0 Å². The van der Waals surface area contributed by atoms with Crippen molar-refractivity contribution in [3.8, 4) is 0 Å². The molecular weight excluding hydrogens is 230 g/mol. The van der Waals surface area contributed by atoms with Crippen molar-refractivity contribution in [3.05, 3.63) is 47.3 Å². The second kappa shape index (κ2) is 4.62. The number of nitrogens with zero attached hydrogens (tertiary/aromatic N) is 1. The number of carbonyl (C=O) groups is 1. The lowest BCUT2D eigenvalue weighted by atomic mass is 9.99. The first kappa shape index (κ1) is 11.0. The lowest BCUT2D eigenvalue weighted by molar-refractivity contribution is 0.0988. The molecule has 0 atom stereocenters. The zero-order valence-corrected chi connectivity index (χ0v) is 9.77. The number of aromatic nitrogens is 1. The van der Waals surface area contributed by atoms with Gasteiger partial charge in [0, 0.05) is 18.3 Å². The maximum Gasteiger partial charge on any atom is 0.294 e. The van der Waals surface area contributed by atoms with Gasteiger partial charge in [0.2, 0.25) is 5.76 Å². The molecule has 0 bridgehead atoms. The lowest BCUT2D eigenvalue weighted by Crippen LogP contribution is -2.25. The van der Waals surface area contributed by atoms with E-state index >= 15 is 0 Å². The second-order valence-electron chi connectivity index (χ2n) is 4.20. The van der Waals surface area contributed by atoms with Gasteiger partial charge in [-0.1, -0.05) is 17.3 Å². The van der Waals surface area contributed by atoms with Gasteiger partial charge < -0.3 is 15.2 Å². The number of fused-ring (bicyclic) bond motifs is 1. The van der Waals surface area contributed by atoms with Crippen LogP contribution in [-0.4, -0.2) is 17.6 Å². The Morgan fingerprint density at radius 3 is 3.17 bits per heavy atom. The molecule has 92 valence electrons. The third kappa shape index (κ3) is 2.00. The number of amides is 1. The molecule has 0 unspecified atom stereocenters. The molecule has 5 nitrogen and oxygen atoms in total. The minimum absolute atomic E-state index is 0.224. The van der Waals surface area contributed by atoms with Crippen molar-refractivity contribution in [3.63, 3.8) is 0 Å².